The van der Waals surface area contributed by atoms with Crippen molar-refractivity contribution in [1.82, 2.24) is 9.97 Å². The van der Waals surface area contributed by atoms with Crippen LogP contribution in [0.2, 0.25) is 0 Å². The third-order valence-electron chi connectivity index (χ3n) is 3.79. The number of carbonyl (C=O) groups excluding carboxylic acids is 1. The van der Waals surface area contributed by atoms with Gasteiger partial charge in [0.1, 0.15) is 10.7 Å². The van der Waals surface area contributed by atoms with Crippen LogP contribution in [0, 0.1) is 0 Å². The molecule has 0 radical (unpaired) electrons. The van der Waals surface area contributed by atoms with Crippen molar-refractivity contribution in [2.75, 3.05) is 0 Å². The summed E-state index contributed by atoms with van der Waals surface area (Å²) in [6.45, 7) is 4.35. The lowest BCUT2D eigenvalue weighted by Gasteiger charge is -2.13. The molecule has 2 N–H and O–H groups in total. The van der Waals surface area contributed by atoms with Gasteiger partial charge in [0, 0.05) is 11.1 Å². The summed E-state index contributed by atoms with van der Waals surface area (Å²) in [5.41, 5.74) is 6.76. The molecule has 0 aliphatic heterocycles. The molecule has 0 bridgehead atoms. The van der Waals surface area contributed by atoms with Gasteiger partial charge in [0.25, 0.3) is 5.91 Å². The van der Waals surface area contributed by atoms with Crippen molar-refractivity contribution in [2.45, 2.75) is 51.9 Å². The van der Waals surface area contributed by atoms with Gasteiger partial charge in [0.05, 0.1) is 5.69 Å². The molecule has 0 saturated carbocycles. The number of primary amides is 1. The average Bonchev–Trinajstić information content (AvgIpc) is 2.98. The number of hydrogen-bond acceptors (Lipinski definition) is 4. The van der Waals surface area contributed by atoms with Crippen molar-refractivity contribution in [3.63, 3.8) is 0 Å². The maximum Gasteiger partial charge on any atom is 0.268 e. The summed E-state index contributed by atoms with van der Waals surface area (Å²) in [7, 11) is 0. The minimum atomic E-state index is -0.442. The lowest BCUT2D eigenvalue weighted by atomic mass is 9.96. The van der Waals surface area contributed by atoms with Crippen molar-refractivity contribution >= 4 is 17.2 Å². The number of amides is 1. The number of hydrogen-bond donors (Lipinski definition) is 1. The van der Waals surface area contributed by atoms with Gasteiger partial charge >= 0.3 is 0 Å². The summed E-state index contributed by atoms with van der Waals surface area (Å²) in [5, 5.41) is 0.776. The van der Waals surface area contributed by atoms with Crippen LogP contribution in [0.5, 0.6) is 0 Å². The van der Waals surface area contributed by atoms with Gasteiger partial charge < -0.3 is 5.73 Å². The number of nitrogens with two attached hydrogens (primary N) is 1. The second-order valence-electron chi connectivity index (χ2n) is 5.41. The molecule has 0 aliphatic rings. The highest BCUT2D eigenvalue weighted by Crippen LogP contribution is 2.36. The fourth-order valence-corrected chi connectivity index (χ4v) is 3.81. The Hall–Kier alpha value is -1.75. The van der Waals surface area contributed by atoms with Gasteiger partial charge in [-0.15, -0.1) is 11.3 Å². The number of aromatic nitrogens is 2. The molecular weight excluding hydrogens is 294 g/mol. The molecule has 22 heavy (non-hydrogen) atoms. The van der Waals surface area contributed by atoms with Crippen molar-refractivity contribution in [3.8, 4) is 10.7 Å². The molecule has 0 saturated heterocycles. The number of carbonyl (C=O) groups is 1. The number of unbranched alkanes of at least 4 members (excludes halogenated alkanes) is 2. The van der Waals surface area contributed by atoms with Crippen molar-refractivity contribution < 1.29 is 4.79 Å². The average molecular weight is 317 g/mol. The smallest absolute Gasteiger partial charge is 0.268 e. The summed E-state index contributed by atoms with van der Waals surface area (Å²) in [6.07, 6.45) is 7.39. The molecule has 0 fully saturated rings. The Labute approximate surface area is 135 Å². The highest BCUT2D eigenvalue weighted by molar-refractivity contribution is 7.15. The summed E-state index contributed by atoms with van der Waals surface area (Å²) < 4.78 is 0. The van der Waals surface area contributed by atoms with E-state index in [2.05, 4.69) is 23.8 Å². The van der Waals surface area contributed by atoms with E-state index in [1.807, 2.05) is 18.2 Å². The molecule has 2 aromatic rings. The van der Waals surface area contributed by atoms with Gasteiger partial charge in [-0.2, -0.15) is 0 Å². The first kappa shape index (κ1) is 16.6. The van der Waals surface area contributed by atoms with E-state index in [9.17, 15) is 4.79 Å². The predicted molar refractivity (Wildman–Crippen MR) is 91.0 cm³/mol. The van der Waals surface area contributed by atoms with Crippen LogP contribution in [0.1, 0.15) is 67.2 Å². The van der Waals surface area contributed by atoms with Crippen LogP contribution in [0.25, 0.3) is 10.7 Å². The van der Waals surface area contributed by atoms with Gasteiger partial charge in [-0.05, 0) is 30.9 Å². The first-order chi connectivity index (χ1) is 10.7. The van der Waals surface area contributed by atoms with Gasteiger partial charge in [-0.25, -0.2) is 4.98 Å². The Bertz CT molecular complexity index is 610. The first-order valence-electron chi connectivity index (χ1n) is 7.89. The molecule has 1 amide bonds. The third-order valence-corrected chi connectivity index (χ3v) is 5.03. The molecule has 1 unspecified atom stereocenters. The molecule has 118 valence electrons. The van der Waals surface area contributed by atoms with Crippen LogP contribution in [-0.2, 0) is 0 Å². The number of nitrogens with zero attached hydrogens (tertiary/aromatic N) is 2. The van der Waals surface area contributed by atoms with E-state index < -0.39 is 5.91 Å². The predicted octanol–water partition coefficient (Wildman–Crippen LogP) is 4.38. The first-order valence-corrected chi connectivity index (χ1v) is 8.70. The zero-order chi connectivity index (χ0) is 15.9. The molecular formula is C17H23N3OS. The monoisotopic (exact) mass is 317 g/mol. The van der Waals surface area contributed by atoms with Gasteiger partial charge in [-0.3, -0.25) is 9.78 Å². The number of rotatable bonds is 8. The molecule has 2 heterocycles. The second kappa shape index (κ2) is 8.03. The van der Waals surface area contributed by atoms with Crippen LogP contribution < -0.4 is 5.73 Å². The van der Waals surface area contributed by atoms with Crippen LogP contribution >= 0.6 is 11.3 Å². The highest BCUT2D eigenvalue weighted by Gasteiger charge is 2.23. The van der Waals surface area contributed by atoms with E-state index in [0.29, 0.717) is 11.6 Å². The van der Waals surface area contributed by atoms with Gasteiger partial charge in [0.15, 0.2) is 0 Å². The summed E-state index contributed by atoms with van der Waals surface area (Å²) >= 11 is 1.56. The van der Waals surface area contributed by atoms with Gasteiger partial charge in [0.2, 0.25) is 0 Å². The van der Waals surface area contributed by atoms with Crippen LogP contribution in [0.4, 0.5) is 0 Å². The molecule has 4 nitrogen and oxygen atoms in total. The van der Waals surface area contributed by atoms with E-state index in [1.54, 1.807) is 17.5 Å². The zero-order valence-corrected chi connectivity index (χ0v) is 14.0. The van der Waals surface area contributed by atoms with Crippen molar-refractivity contribution in [3.05, 3.63) is 35.0 Å². The minimum absolute atomic E-state index is 0.351. The Morgan fingerprint density at radius 3 is 2.73 bits per heavy atom. The largest absolute Gasteiger partial charge is 0.364 e. The summed E-state index contributed by atoms with van der Waals surface area (Å²) in [5.74, 6) is -0.0913. The number of pyridine rings is 1. The summed E-state index contributed by atoms with van der Waals surface area (Å²) in [4.78, 5) is 21.6. The lowest BCUT2D eigenvalue weighted by molar-refractivity contribution is 0.0995. The standard InChI is InChI=1S/C17H23N3OS/c1-3-5-6-9-12(4-2)15-14(16(18)21)20-17(22-15)13-10-7-8-11-19-13/h7-8,10-12H,3-6,9H2,1-2H3,(H2,18,21). The fourth-order valence-electron chi connectivity index (χ4n) is 2.55. The lowest BCUT2D eigenvalue weighted by Crippen LogP contribution is -2.15. The minimum Gasteiger partial charge on any atom is -0.364 e. The Balaban J connectivity index is 2.32. The normalized spacial score (nSPS) is 12.3. The topological polar surface area (TPSA) is 68.9 Å². The van der Waals surface area contributed by atoms with Crippen LogP contribution in [-0.4, -0.2) is 15.9 Å². The van der Waals surface area contributed by atoms with Crippen LogP contribution in [0.15, 0.2) is 24.4 Å². The van der Waals surface area contributed by atoms with E-state index in [0.717, 1.165) is 28.4 Å². The SMILES string of the molecule is CCCCCC(CC)c1sc(-c2ccccn2)nc1C(N)=O. The Morgan fingerprint density at radius 2 is 2.14 bits per heavy atom. The third kappa shape index (κ3) is 3.91. The quantitative estimate of drug-likeness (QED) is 0.735. The summed E-state index contributed by atoms with van der Waals surface area (Å²) in [6, 6.07) is 5.70. The maximum absolute atomic E-state index is 11.8. The van der Waals surface area contributed by atoms with Crippen molar-refractivity contribution in [1.29, 1.82) is 0 Å². The molecule has 1 atom stereocenters. The second-order valence-corrected chi connectivity index (χ2v) is 6.44. The van der Waals surface area contributed by atoms with E-state index in [-0.39, 0.29) is 0 Å². The molecule has 0 spiro atoms. The molecule has 0 aromatic carbocycles. The fraction of sp³-hybridized carbons (Fsp3) is 0.471. The Morgan fingerprint density at radius 1 is 1.32 bits per heavy atom. The molecule has 2 aromatic heterocycles. The Kier molecular flexibility index (Phi) is 6.07. The zero-order valence-electron chi connectivity index (χ0n) is 13.2. The van der Waals surface area contributed by atoms with Crippen molar-refractivity contribution in [2.24, 2.45) is 5.73 Å². The van der Waals surface area contributed by atoms with E-state index in [4.69, 9.17) is 5.73 Å². The number of thiazole rings is 1. The van der Waals surface area contributed by atoms with E-state index in [1.165, 1.54) is 19.3 Å². The molecule has 2 rings (SSSR count). The molecule has 5 heteroatoms. The van der Waals surface area contributed by atoms with Gasteiger partial charge in [-0.1, -0.05) is 39.2 Å². The highest BCUT2D eigenvalue weighted by atomic mass is 32.1. The maximum atomic E-state index is 11.8. The van der Waals surface area contributed by atoms with Crippen LogP contribution in [0.3, 0.4) is 0 Å². The molecule has 0 aliphatic carbocycles. The van der Waals surface area contributed by atoms with E-state index >= 15 is 0 Å².